The van der Waals surface area contributed by atoms with Crippen molar-refractivity contribution in [2.45, 2.75) is 6.61 Å². The van der Waals surface area contributed by atoms with Crippen molar-refractivity contribution in [1.29, 1.82) is 0 Å². The number of hydrogen-bond donors (Lipinski definition) is 0. The lowest BCUT2D eigenvalue weighted by Crippen LogP contribution is -1.99. The summed E-state index contributed by atoms with van der Waals surface area (Å²) < 4.78 is 6.43. The van der Waals surface area contributed by atoms with E-state index in [1.54, 1.807) is 36.4 Å². The monoisotopic (exact) mass is 358 g/mol. The smallest absolute Gasteiger partial charge is 0.153 e. The third-order valence-electron chi connectivity index (χ3n) is 2.53. The fraction of sp³-hybridized carbons (Fsp3) is 0.0714. The van der Waals surface area contributed by atoms with E-state index in [9.17, 15) is 4.79 Å². The standard InChI is InChI=1S/C14H9BrCl2O2/c15-10-4-5-14(9(6-10)7-18)19-8-11-12(16)2-1-3-13(11)17/h1-7H,8H2. The molecule has 19 heavy (non-hydrogen) atoms. The highest BCUT2D eigenvalue weighted by Gasteiger charge is 2.08. The Bertz CT molecular complexity index is 594. The van der Waals surface area contributed by atoms with Crippen molar-refractivity contribution in [1.82, 2.24) is 0 Å². The van der Waals surface area contributed by atoms with Crippen molar-refractivity contribution in [2.75, 3.05) is 0 Å². The van der Waals surface area contributed by atoms with E-state index in [1.807, 2.05) is 0 Å². The summed E-state index contributed by atoms with van der Waals surface area (Å²) in [4.78, 5) is 11.0. The van der Waals surface area contributed by atoms with Crippen molar-refractivity contribution in [3.63, 3.8) is 0 Å². The molecule has 2 aromatic carbocycles. The first-order valence-corrected chi connectivity index (χ1v) is 6.97. The van der Waals surface area contributed by atoms with E-state index in [-0.39, 0.29) is 6.61 Å². The molecule has 0 aliphatic heterocycles. The molecular formula is C14H9BrCl2O2. The zero-order valence-electron chi connectivity index (χ0n) is 9.70. The number of aldehydes is 1. The van der Waals surface area contributed by atoms with Gasteiger partial charge in [-0.3, -0.25) is 4.79 Å². The lowest BCUT2D eigenvalue weighted by molar-refractivity contribution is 0.111. The van der Waals surface area contributed by atoms with E-state index in [1.165, 1.54) is 0 Å². The van der Waals surface area contributed by atoms with Crippen LogP contribution in [0.5, 0.6) is 5.75 Å². The molecule has 0 N–H and O–H groups in total. The number of halogens is 3. The SMILES string of the molecule is O=Cc1cc(Br)ccc1OCc1c(Cl)cccc1Cl. The Labute approximate surface area is 129 Å². The van der Waals surface area contributed by atoms with Crippen LogP contribution >= 0.6 is 39.1 Å². The van der Waals surface area contributed by atoms with Crippen LogP contribution in [0, 0.1) is 0 Å². The lowest BCUT2D eigenvalue weighted by Gasteiger charge is -2.11. The summed E-state index contributed by atoms with van der Waals surface area (Å²) in [5.41, 5.74) is 1.17. The second-order valence-electron chi connectivity index (χ2n) is 3.79. The van der Waals surface area contributed by atoms with E-state index in [0.29, 0.717) is 26.9 Å². The van der Waals surface area contributed by atoms with Gasteiger partial charge in [0.25, 0.3) is 0 Å². The summed E-state index contributed by atoms with van der Waals surface area (Å²) in [6, 6.07) is 10.5. The molecule has 0 atom stereocenters. The minimum absolute atomic E-state index is 0.209. The molecule has 0 heterocycles. The van der Waals surface area contributed by atoms with Gasteiger partial charge in [0.05, 0.1) is 5.56 Å². The molecule has 0 bridgehead atoms. The maximum Gasteiger partial charge on any atom is 0.153 e. The largest absolute Gasteiger partial charge is 0.488 e. The molecule has 0 spiro atoms. The predicted molar refractivity (Wildman–Crippen MR) is 80.3 cm³/mol. The number of ether oxygens (including phenoxy) is 1. The van der Waals surface area contributed by atoms with Gasteiger partial charge in [-0.05, 0) is 30.3 Å². The van der Waals surface area contributed by atoms with Gasteiger partial charge >= 0.3 is 0 Å². The van der Waals surface area contributed by atoms with Crippen LogP contribution in [-0.4, -0.2) is 6.29 Å². The van der Waals surface area contributed by atoms with Gasteiger partial charge in [0, 0.05) is 20.1 Å². The van der Waals surface area contributed by atoms with Crippen LogP contribution < -0.4 is 4.74 Å². The first-order valence-electron chi connectivity index (χ1n) is 5.42. The second kappa shape index (κ2) is 6.42. The van der Waals surface area contributed by atoms with Crippen LogP contribution in [0.4, 0.5) is 0 Å². The van der Waals surface area contributed by atoms with E-state index in [4.69, 9.17) is 27.9 Å². The fourth-order valence-electron chi connectivity index (χ4n) is 1.56. The van der Waals surface area contributed by atoms with Crippen molar-refractivity contribution in [3.05, 3.63) is 62.0 Å². The van der Waals surface area contributed by atoms with Gasteiger partial charge in [-0.15, -0.1) is 0 Å². The highest BCUT2D eigenvalue weighted by Crippen LogP contribution is 2.27. The summed E-state index contributed by atoms with van der Waals surface area (Å²) in [7, 11) is 0. The third kappa shape index (κ3) is 3.50. The first kappa shape index (κ1) is 14.4. The molecule has 0 saturated carbocycles. The van der Waals surface area contributed by atoms with Crippen molar-refractivity contribution in [3.8, 4) is 5.75 Å². The molecular weight excluding hydrogens is 351 g/mol. The molecule has 0 aromatic heterocycles. The van der Waals surface area contributed by atoms with Gasteiger partial charge in [0.1, 0.15) is 12.4 Å². The molecule has 0 fully saturated rings. The van der Waals surface area contributed by atoms with E-state index >= 15 is 0 Å². The van der Waals surface area contributed by atoms with Gasteiger partial charge in [-0.2, -0.15) is 0 Å². The Morgan fingerprint density at radius 1 is 1.16 bits per heavy atom. The molecule has 0 amide bonds. The van der Waals surface area contributed by atoms with E-state index in [0.717, 1.165) is 10.8 Å². The molecule has 0 unspecified atom stereocenters. The average molecular weight is 360 g/mol. The summed E-state index contributed by atoms with van der Waals surface area (Å²) in [6.45, 7) is 0.209. The van der Waals surface area contributed by atoms with Crippen molar-refractivity contribution >= 4 is 45.4 Å². The molecule has 98 valence electrons. The Hall–Kier alpha value is -1.03. The van der Waals surface area contributed by atoms with Crippen LogP contribution in [0.2, 0.25) is 10.0 Å². The lowest BCUT2D eigenvalue weighted by atomic mass is 10.2. The molecule has 0 aliphatic carbocycles. The van der Waals surface area contributed by atoms with Crippen molar-refractivity contribution < 1.29 is 9.53 Å². The van der Waals surface area contributed by atoms with Gasteiger partial charge in [-0.25, -0.2) is 0 Å². The minimum Gasteiger partial charge on any atom is -0.488 e. The highest BCUT2D eigenvalue weighted by atomic mass is 79.9. The average Bonchev–Trinajstić information content (AvgIpc) is 2.39. The Morgan fingerprint density at radius 3 is 2.47 bits per heavy atom. The van der Waals surface area contributed by atoms with Crippen LogP contribution in [0.3, 0.4) is 0 Å². The van der Waals surface area contributed by atoms with Crippen LogP contribution in [0.1, 0.15) is 15.9 Å². The molecule has 0 aliphatic rings. The summed E-state index contributed by atoms with van der Waals surface area (Å²) in [6.07, 6.45) is 0.744. The molecule has 0 saturated heterocycles. The molecule has 2 aromatic rings. The van der Waals surface area contributed by atoms with Gasteiger partial charge in [0.15, 0.2) is 6.29 Å². The maximum atomic E-state index is 11.0. The zero-order valence-corrected chi connectivity index (χ0v) is 12.8. The minimum atomic E-state index is 0.209. The topological polar surface area (TPSA) is 26.3 Å². The van der Waals surface area contributed by atoms with E-state index in [2.05, 4.69) is 15.9 Å². The summed E-state index contributed by atoms with van der Waals surface area (Å²) in [5, 5.41) is 1.08. The first-order chi connectivity index (χ1) is 9.11. The molecule has 5 heteroatoms. The zero-order chi connectivity index (χ0) is 13.8. The van der Waals surface area contributed by atoms with Gasteiger partial charge in [0.2, 0.25) is 0 Å². The Kier molecular flexibility index (Phi) is 4.86. The van der Waals surface area contributed by atoms with E-state index < -0.39 is 0 Å². The highest BCUT2D eigenvalue weighted by molar-refractivity contribution is 9.10. The van der Waals surface area contributed by atoms with Crippen LogP contribution in [0.15, 0.2) is 40.9 Å². The van der Waals surface area contributed by atoms with Gasteiger partial charge < -0.3 is 4.74 Å². The van der Waals surface area contributed by atoms with Crippen LogP contribution in [-0.2, 0) is 6.61 Å². The second-order valence-corrected chi connectivity index (χ2v) is 5.52. The Balaban J connectivity index is 2.21. The fourth-order valence-corrected chi connectivity index (χ4v) is 2.45. The molecule has 2 nitrogen and oxygen atoms in total. The molecule has 2 rings (SSSR count). The third-order valence-corrected chi connectivity index (χ3v) is 3.73. The number of benzene rings is 2. The summed E-state index contributed by atoms with van der Waals surface area (Å²) >= 11 is 15.4. The predicted octanol–water partition coefficient (Wildman–Crippen LogP) is 5.15. The Morgan fingerprint density at radius 2 is 1.84 bits per heavy atom. The quantitative estimate of drug-likeness (QED) is 0.706. The number of rotatable bonds is 4. The number of carbonyl (C=O) groups excluding carboxylic acids is 1. The molecule has 0 radical (unpaired) electrons. The van der Waals surface area contributed by atoms with Crippen molar-refractivity contribution in [2.24, 2.45) is 0 Å². The maximum absolute atomic E-state index is 11.0. The normalized spacial score (nSPS) is 10.3. The van der Waals surface area contributed by atoms with Crippen LogP contribution in [0.25, 0.3) is 0 Å². The number of hydrogen-bond acceptors (Lipinski definition) is 2. The summed E-state index contributed by atoms with van der Waals surface area (Å²) in [5.74, 6) is 0.495. The van der Waals surface area contributed by atoms with Gasteiger partial charge in [-0.1, -0.05) is 45.2 Å². The number of carbonyl (C=O) groups is 1.